The van der Waals surface area contributed by atoms with Crippen LogP contribution in [0, 0.1) is 0 Å². The summed E-state index contributed by atoms with van der Waals surface area (Å²) in [5.74, 6) is -1.15. The molecule has 196 valence electrons. The number of halogens is 2. The van der Waals surface area contributed by atoms with Gasteiger partial charge < -0.3 is 15.2 Å². The molecule has 1 amide bonds. The largest absolute Gasteiger partial charge is 1.00 e. The van der Waals surface area contributed by atoms with E-state index in [4.69, 9.17) is 27.9 Å². The Bertz CT molecular complexity index is 1710. The van der Waals surface area contributed by atoms with Crippen LogP contribution >= 0.6 is 23.2 Å². The van der Waals surface area contributed by atoms with Gasteiger partial charge in [0, 0.05) is 16.0 Å². The third kappa shape index (κ3) is 6.55. The number of nitrogens with zero attached hydrogens (tertiary/aromatic N) is 2. The first-order valence-electron chi connectivity index (χ1n) is 11.1. The summed E-state index contributed by atoms with van der Waals surface area (Å²) in [7, 11) is -3.28. The van der Waals surface area contributed by atoms with Crippen LogP contribution in [0.3, 0.4) is 0 Å². The van der Waals surface area contributed by atoms with Crippen molar-refractivity contribution < 1.29 is 57.2 Å². The zero-order chi connectivity index (χ0) is 27.6. The summed E-state index contributed by atoms with van der Waals surface area (Å²) in [6, 6.07) is 15.5. The van der Waals surface area contributed by atoms with E-state index >= 15 is 0 Å². The van der Waals surface area contributed by atoms with E-state index in [9.17, 15) is 22.9 Å². The van der Waals surface area contributed by atoms with Gasteiger partial charge in [0.2, 0.25) is 0 Å². The van der Waals surface area contributed by atoms with Crippen molar-refractivity contribution in [3.05, 3.63) is 81.8 Å². The molecule has 0 aliphatic heterocycles. The molecule has 39 heavy (non-hydrogen) atoms. The Balaban J connectivity index is 0.00000420. The first-order chi connectivity index (χ1) is 18.0. The molecule has 4 rings (SSSR count). The molecule has 0 saturated carbocycles. The maximum absolute atomic E-state index is 13.5. The van der Waals surface area contributed by atoms with Crippen molar-refractivity contribution in [3.8, 4) is 11.5 Å². The number of aryl methyl sites for hydroxylation is 1. The zero-order valence-electron chi connectivity index (χ0n) is 21.0. The molecule has 4 aromatic carbocycles. The van der Waals surface area contributed by atoms with E-state index in [2.05, 4.69) is 15.5 Å². The van der Waals surface area contributed by atoms with Crippen molar-refractivity contribution in [2.75, 3.05) is 12.4 Å². The van der Waals surface area contributed by atoms with Gasteiger partial charge in [0.05, 0.1) is 18.5 Å². The fourth-order valence-electron chi connectivity index (χ4n) is 3.84. The van der Waals surface area contributed by atoms with Crippen LogP contribution in [0.4, 0.5) is 17.1 Å². The van der Waals surface area contributed by atoms with Gasteiger partial charge in [-0.2, -0.15) is 13.5 Å². The van der Waals surface area contributed by atoms with Gasteiger partial charge >= 0.3 is 29.6 Å². The second kappa shape index (κ2) is 12.6. The average molecular weight is 596 g/mol. The summed E-state index contributed by atoms with van der Waals surface area (Å²) >= 11 is 12.3. The molecule has 0 saturated heterocycles. The third-order valence-electron chi connectivity index (χ3n) is 5.68. The SMILES string of the molecule is CCc1cc(Cl)cc(S(=O)(=O)O)c1N=Nc1c([O-])c(C(=O)Nc2cccc(OC)c2Cl)cc2ccccc12.[Na+]. The van der Waals surface area contributed by atoms with E-state index in [-0.39, 0.29) is 62.2 Å². The smallest absolute Gasteiger partial charge is 0.870 e. The molecule has 9 nitrogen and oxygen atoms in total. The maximum Gasteiger partial charge on any atom is 1.00 e. The number of methoxy groups -OCH3 is 1. The summed E-state index contributed by atoms with van der Waals surface area (Å²) in [5.41, 5.74) is 0.0213. The van der Waals surface area contributed by atoms with E-state index in [0.29, 0.717) is 28.5 Å². The summed E-state index contributed by atoms with van der Waals surface area (Å²) in [4.78, 5) is 12.6. The predicted molar refractivity (Wildman–Crippen MR) is 144 cm³/mol. The van der Waals surface area contributed by atoms with Crippen LogP contribution in [-0.2, 0) is 16.5 Å². The average Bonchev–Trinajstić information content (AvgIpc) is 2.88. The van der Waals surface area contributed by atoms with E-state index < -0.39 is 26.7 Å². The molecular weight excluding hydrogens is 576 g/mol. The van der Waals surface area contributed by atoms with Crippen molar-refractivity contribution in [2.24, 2.45) is 10.2 Å². The van der Waals surface area contributed by atoms with Crippen LogP contribution in [0.2, 0.25) is 10.0 Å². The topological polar surface area (TPSA) is 140 Å². The minimum absolute atomic E-state index is 0. The zero-order valence-corrected chi connectivity index (χ0v) is 25.4. The number of amides is 1. The Kier molecular flexibility index (Phi) is 10.0. The number of rotatable bonds is 7. The normalized spacial score (nSPS) is 11.4. The number of carbonyl (C=O) groups excluding carboxylic acids is 1. The molecule has 0 heterocycles. The molecule has 0 aromatic heterocycles. The van der Waals surface area contributed by atoms with Gasteiger partial charge in [0.25, 0.3) is 16.0 Å². The Morgan fingerprint density at radius 3 is 2.41 bits per heavy atom. The number of azo groups is 1. The number of ether oxygens (including phenoxy) is 1. The monoisotopic (exact) mass is 595 g/mol. The second-order valence-electron chi connectivity index (χ2n) is 8.04. The van der Waals surface area contributed by atoms with Gasteiger partial charge in [-0.25, -0.2) is 0 Å². The van der Waals surface area contributed by atoms with Gasteiger partial charge in [0.15, 0.2) is 0 Å². The van der Waals surface area contributed by atoms with Crippen molar-refractivity contribution >= 4 is 67.1 Å². The molecule has 0 radical (unpaired) electrons. The summed E-state index contributed by atoms with van der Waals surface area (Å²) < 4.78 is 38.9. The van der Waals surface area contributed by atoms with Gasteiger partial charge in [-0.15, -0.1) is 5.11 Å². The van der Waals surface area contributed by atoms with Crippen LogP contribution in [0.1, 0.15) is 22.8 Å². The fourth-order valence-corrected chi connectivity index (χ4v) is 5.09. The van der Waals surface area contributed by atoms with Crippen molar-refractivity contribution in [2.45, 2.75) is 18.2 Å². The number of carbonyl (C=O) groups is 1. The van der Waals surface area contributed by atoms with E-state index in [1.807, 2.05) is 0 Å². The first-order valence-corrected chi connectivity index (χ1v) is 13.3. The second-order valence-corrected chi connectivity index (χ2v) is 10.2. The number of fused-ring (bicyclic) bond motifs is 1. The van der Waals surface area contributed by atoms with E-state index in [1.54, 1.807) is 49.4 Å². The minimum Gasteiger partial charge on any atom is -0.870 e. The molecule has 0 aliphatic rings. The van der Waals surface area contributed by atoms with Gasteiger partial charge in [-0.05, 0) is 47.7 Å². The molecule has 0 unspecified atom stereocenters. The predicted octanol–water partition coefficient (Wildman–Crippen LogP) is 3.71. The Hall–Kier alpha value is -2.70. The van der Waals surface area contributed by atoms with Crippen molar-refractivity contribution in [1.82, 2.24) is 0 Å². The maximum atomic E-state index is 13.5. The van der Waals surface area contributed by atoms with E-state index in [0.717, 1.165) is 6.07 Å². The van der Waals surface area contributed by atoms with Crippen LogP contribution < -0.4 is 44.7 Å². The molecule has 0 aliphatic carbocycles. The summed E-state index contributed by atoms with van der Waals surface area (Å²) in [6.07, 6.45) is 0.312. The van der Waals surface area contributed by atoms with Gasteiger partial charge in [0.1, 0.15) is 21.4 Å². The Morgan fingerprint density at radius 1 is 1.05 bits per heavy atom. The standard InChI is InChI=1S/C26H21Cl2N3O6S.Na/c1-3-14-11-16(27)13-21(38(34,35)36)23(14)30-31-24-17-8-5-4-7-15(17)12-18(25(24)32)26(33)29-19-9-6-10-20(37-2)22(19)28;/h4-13,32H,3H2,1-2H3,(H,29,33)(H,34,35,36);/q;+1/p-1. The minimum atomic E-state index is -4.71. The van der Waals surface area contributed by atoms with Gasteiger partial charge in [-0.1, -0.05) is 66.2 Å². The number of nitrogens with one attached hydrogen (secondary N) is 1. The summed E-state index contributed by atoms with van der Waals surface area (Å²) in [6.45, 7) is 1.74. The van der Waals surface area contributed by atoms with Crippen LogP contribution in [0.15, 0.2) is 75.8 Å². The molecule has 0 fully saturated rings. The summed E-state index contributed by atoms with van der Waals surface area (Å²) in [5, 5.41) is 25.4. The fraction of sp³-hybridized carbons (Fsp3) is 0.115. The van der Waals surface area contributed by atoms with Crippen molar-refractivity contribution in [3.63, 3.8) is 0 Å². The molecule has 4 aromatic rings. The Morgan fingerprint density at radius 2 is 1.74 bits per heavy atom. The quantitative estimate of drug-likeness (QED) is 0.189. The number of benzene rings is 4. The molecule has 13 heteroatoms. The van der Waals surface area contributed by atoms with Crippen LogP contribution in [0.25, 0.3) is 10.8 Å². The van der Waals surface area contributed by atoms with Crippen LogP contribution in [0.5, 0.6) is 11.5 Å². The molecule has 2 N–H and O–H groups in total. The molecule has 0 atom stereocenters. The van der Waals surface area contributed by atoms with Crippen LogP contribution in [-0.4, -0.2) is 26.0 Å². The first kappa shape index (κ1) is 30.8. The molecule has 0 spiro atoms. The third-order valence-corrected chi connectivity index (χ3v) is 7.15. The van der Waals surface area contributed by atoms with E-state index in [1.165, 1.54) is 19.2 Å². The van der Waals surface area contributed by atoms with Crippen molar-refractivity contribution in [1.29, 1.82) is 0 Å². The molecule has 0 bridgehead atoms. The number of hydrogen-bond acceptors (Lipinski definition) is 7. The number of hydrogen-bond donors (Lipinski definition) is 2. The Labute approximate surface area is 256 Å². The van der Waals surface area contributed by atoms with Gasteiger partial charge in [-0.3, -0.25) is 9.35 Å². The number of anilines is 1. The molecular formula is C26H20Cl2N3NaO6S.